The summed E-state index contributed by atoms with van der Waals surface area (Å²) in [5.74, 6) is -3.34. The zero-order valence-electron chi connectivity index (χ0n) is 20.6. The second-order valence-corrected chi connectivity index (χ2v) is 11.9. The molecule has 16 nitrogen and oxygen atoms in total. The highest BCUT2D eigenvalue weighted by molar-refractivity contribution is 8.01. The number of rotatable bonds is 11. The molecule has 212 valence electrons. The van der Waals surface area contributed by atoms with E-state index in [1.165, 1.54) is 11.8 Å². The van der Waals surface area contributed by atoms with Crippen LogP contribution in [0.1, 0.15) is 31.4 Å². The molecule has 5 N–H and O–H groups in total. The summed E-state index contributed by atoms with van der Waals surface area (Å²) in [5, 5.41) is 37.8. The second-order valence-electron chi connectivity index (χ2n) is 8.94. The molecule has 3 aliphatic rings. The molecule has 0 radical (unpaired) electrons. The number of thioether (sulfide) groups is 2. The van der Waals surface area contributed by atoms with Gasteiger partial charge in [0.2, 0.25) is 5.16 Å². The lowest BCUT2D eigenvalue weighted by atomic mass is 10.0. The van der Waals surface area contributed by atoms with Gasteiger partial charge in [-0.3, -0.25) is 19.3 Å². The normalized spacial score (nSPS) is 21.2. The maximum atomic E-state index is 13.2. The van der Waals surface area contributed by atoms with Crippen molar-refractivity contribution in [1.29, 1.82) is 0 Å². The van der Waals surface area contributed by atoms with Crippen molar-refractivity contribution in [3.05, 3.63) is 22.3 Å². The Morgan fingerprint density at radius 3 is 2.73 bits per heavy atom. The lowest BCUT2D eigenvalue weighted by Gasteiger charge is -2.49. The standard InChI is InChI=1S/C21H23N9O7S3/c22-20-23-11(8-39-20)13(26-37-10-3-1-2-4-10)16(33)24-14-17(34)30-15(19(35)36)9(6-38-18(14)30)7-40-21-25-27-28-29(21)5-12(31)32/h8,10,14,18H,1-7H2,(H2,22,23)(H,24,33)(H,31,32)(H,35,36)/t14?,18-/m1/s1. The summed E-state index contributed by atoms with van der Waals surface area (Å²) in [7, 11) is 0. The number of nitrogen functional groups attached to an aromatic ring is 1. The van der Waals surface area contributed by atoms with Gasteiger partial charge in [-0.05, 0) is 41.7 Å². The third-order valence-electron chi connectivity index (χ3n) is 6.27. The van der Waals surface area contributed by atoms with E-state index in [4.69, 9.17) is 15.7 Å². The average Bonchev–Trinajstić information content (AvgIpc) is 3.68. The van der Waals surface area contributed by atoms with Crippen LogP contribution in [0.2, 0.25) is 0 Å². The molecule has 1 saturated carbocycles. The minimum Gasteiger partial charge on any atom is -0.480 e. The van der Waals surface area contributed by atoms with Crippen LogP contribution in [0.4, 0.5) is 5.13 Å². The monoisotopic (exact) mass is 609 g/mol. The Kier molecular flexibility index (Phi) is 8.22. The summed E-state index contributed by atoms with van der Waals surface area (Å²) in [6.07, 6.45) is 3.56. The molecule has 2 aromatic rings. The van der Waals surface area contributed by atoms with Gasteiger partial charge in [0.1, 0.15) is 35.5 Å². The van der Waals surface area contributed by atoms with Crippen LogP contribution in [0.25, 0.3) is 0 Å². The number of thiazole rings is 1. The number of carboxylic acid groups (broad SMARTS) is 2. The molecule has 40 heavy (non-hydrogen) atoms. The van der Waals surface area contributed by atoms with E-state index in [1.54, 1.807) is 5.38 Å². The molecule has 2 amide bonds. The summed E-state index contributed by atoms with van der Waals surface area (Å²) in [5.41, 5.74) is 6.09. The van der Waals surface area contributed by atoms with Crippen LogP contribution >= 0.6 is 34.9 Å². The highest BCUT2D eigenvalue weighted by atomic mass is 32.2. The molecule has 1 saturated heterocycles. The van der Waals surface area contributed by atoms with Crippen molar-refractivity contribution in [3.63, 3.8) is 0 Å². The molecule has 0 spiro atoms. The zero-order valence-corrected chi connectivity index (χ0v) is 23.1. The van der Waals surface area contributed by atoms with Crippen molar-refractivity contribution in [2.45, 2.75) is 54.9 Å². The fraction of sp³-hybridized carbons (Fsp3) is 0.476. The van der Waals surface area contributed by atoms with Crippen molar-refractivity contribution in [2.24, 2.45) is 5.16 Å². The van der Waals surface area contributed by atoms with Gasteiger partial charge in [-0.25, -0.2) is 14.5 Å². The number of hydrogen-bond acceptors (Lipinski definition) is 14. The van der Waals surface area contributed by atoms with Gasteiger partial charge < -0.3 is 26.1 Å². The van der Waals surface area contributed by atoms with Crippen LogP contribution in [0.15, 0.2) is 27.0 Å². The van der Waals surface area contributed by atoms with Crippen molar-refractivity contribution in [1.82, 2.24) is 35.4 Å². The van der Waals surface area contributed by atoms with Crippen LogP contribution in [-0.2, 0) is 30.6 Å². The molecule has 2 aliphatic heterocycles. The Balaban J connectivity index is 1.29. The summed E-state index contributed by atoms with van der Waals surface area (Å²) < 4.78 is 1.08. The van der Waals surface area contributed by atoms with E-state index in [2.05, 4.69) is 31.0 Å². The summed E-state index contributed by atoms with van der Waals surface area (Å²) >= 11 is 3.48. The predicted octanol–water partition coefficient (Wildman–Crippen LogP) is -0.00940. The van der Waals surface area contributed by atoms with Gasteiger partial charge in [0.05, 0.1) is 0 Å². The van der Waals surface area contributed by atoms with Crippen molar-refractivity contribution >= 4 is 69.5 Å². The Labute approximate surface area is 238 Å². The maximum Gasteiger partial charge on any atom is 0.352 e. The molecule has 0 bridgehead atoms. The Hall–Kier alpha value is -3.71. The van der Waals surface area contributed by atoms with Gasteiger partial charge in [-0.2, -0.15) is 0 Å². The number of carbonyl (C=O) groups is 4. The molecule has 2 fully saturated rings. The van der Waals surface area contributed by atoms with Gasteiger partial charge in [0.15, 0.2) is 10.8 Å². The lowest BCUT2D eigenvalue weighted by Crippen LogP contribution is -2.71. The SMILES string of the molecule is Nc1nc(C(=NOC2CCCC2)C(=O)NC2C(=O)N3C(C(=O)O)=C(CSc4nnnn4CC(=O)O)CS[C@H]23)cs1. The fourth-order valence-electron chi connectivity index (χ4n) is 4.40. The summed E-state index contributed by atoms with van der Waals surface area (Å²) in [6.45, 7) is -0.451. The van der Waals surface area contributed by atoms with Crippen LogP contribution in [0, 0.1) is 0 Å². The van der Waals surface area contributed by atoms with Gasteiger partial charge in [0.25, 0.3) is 11.8 Å². The molecule has 1 unspecified atom stereocenters. The van der Waals surface area contributed by atoms with E-state index in [1.807, 2.05) is 0 Å². The van der Waals surface area contributed by atoms with Gasteiger partial charge >= 0.3 is 11.9 Å². The first-order valence-electron chi connectivity index (χ1n) is 12.0. The number of oxime groups is 1. The largest absolute Gasteiger partial charge is 0.480 e. The number of aromatic nitrogens is 5. The fourth-order valence-corrected chi connectivity index (χ4v) is 7.31. The van der Waals surface area contributed by atoms with Crippen molar-refractivity contribution < 1.29 is 34.2 Å². The Morgan fingerprint density at radius 2 is 2.05 bits per heavy atom. The van der Waals surface area contributed by atoms with Crippen LogP contribution in [0.5, 0.6) is 0 Å². The number of nitrogens with one attached hydrogen (secondary N) is 1. The van der Waals surface area contributed by atoms with Crippen molar-refractivity contribution in [2.75, 3.05) is 17.2 Å². The van der Waals surface area contributed by atoms with Crippen molar-refractivity contribution in [3.8, 4) is 0 Å². The van der Waals surface area contributed by atoms with E-state index >= 15 is 0 Å². The van der Waals surface area contributed by atoms with Crippen LogP contribution in [0.3, 0.4) is 0 Å². The summed E-state index contributed by atoms with van der Waals surface area (Å²) in [6, 6.07) is -0.989. The topological polar surface area (TPSA) is 228 Å². The molecule has 19 heteroatoms. The number of aliphatic carboxylic acids is 2. The Bertz CT molecular complexity index is 1400. The first-order valence-corrected chi connectivity index (χ1v) is 14.9. The number of anilines is 1. The number of β-lactam (4-membered cyclic amide) rings is 1. The van der Waals surface area contributed by atoms with Crippen LogP contribution in [-0.4, -0.2) is 98.8 Å². The highest BCUT2D eigenvalue weighted by Crippen LogP contribution is 2.41. The highest BCUT2D eigenvalue weighted by Gasteiger charge is 2.54. The Morgan fingerprint density at radius 1 is 1.27 bits per heavy atom. The van der Waals surface area contributed by atoms with E-state index in [0.29, 0.717) is 5.57 Å². The molecule has 0 aromatic carbocycles. The number of carbonyl (C=O) groups excluding carboxylic acids is 2. The minimum absolute atomic E-state index is 0.109. The number of tetrazole rings is 1. The van der Waals surface area contributed by atoms with E-state index in [0.717, 1.165) is 58.4 Å². The second kappa shape index (κ2) is 11.8. The third kappa shape index (κ3) is 5.75. The molecule has 5 rings (SSSR count). The molecular formula is C21H23N9O7S3. The van der Waals surface area contributed by atoms with Crippen LogP contribution < -0.4 is 11.1 Å². The third-order valence-corrected chi connectivity index (χ3v) is 9.33. The number of nitrogens with two attached hydrogens (primary N) is 1. The number of nitrogens with zero attached hydrogens (tertiary/aromatic N) is 7. The molecular weight excluding hydrogens is 586 g/mol. The lowest BCUT2D eigenvalue weighted by molar-refractivity contribution is -0.150. The smallest absolute Gasteiger partial charge is 0.352 e. The van der Waals surface area contributed by atoms with Gasteiger partial charge in [0, 0.05) is 16.9 Å². The predicted molar refractivity (Wildman–Crippen MR) is 142 cm³/mol. The summed E-state index contributed by atoms with van der Waals surface area (Å²) in [4.78, 5) is 60.4. The molecule has 2 atom stereocenters. The van der Waals surface area contributed by atoms with Gasteiger partial charge in [-0.15, -0.1) is 28.2 Å². The molecule has 4 heterocycles. The van der Waals surface area contributed by atoms with E-state index in [-0.39, 0.29) is 45.0 Å². The number of amides is 2. The molecule has 1 aliphatic carbocycles. The average molecular weight is 610 g/mol. The quantitative estimate of drug-likeness (QED) is 0.114. The zero-order chi connectivity index (χ0) is 28.4. The maximum absolute atomic E-state index is 13.2. The number of fused-ring (bicyclic) bond motifs is 1. The number of hydrogen-bond donors (Lipinski definition) is 4. The first-order chi connectivity index (χ1) is 19.2. The van der Waals surface area contributed by atoms with E-state index in [9.17, 15) is 24.3 Å². The minimum atomic E-state index is -1.30. The van der Waals surface area contributed by atoms with Gasteiger partial charge in [-0.1, -0.05) is 16.9 Å². The number of carboxylic acids is 2. The van der Waals surface area contributed by atoms with E-state index < -0.39 is 41.7 Å². The molecule has 2 aromatic heterocycles. The first kappa shape index (κ1) is 27.8.